The van der Waals surface area contributed by atoms with E-state index < -0.39 is 0 Å². The zero-order chi connectivity index (χ0) is 11.5. The first kappa shape index (κ1) is 11.3. The molecule has 2 heterocycles. The van der Waals surface area contributed by atoms with Crippen LogP contribution in [-0.2, 0) is 0 Å². The van der Waals surface area contributed by atoms with Crippen molar-refractivity contribution >= 4 is 5.95 Å². The maximum atomic E-state index is 4.38. The Morgan fingerprint density at radius 2 is 2.06 bits per heavy atom. The summed E-state index contributed by atoms with van der Waals surface area (Å²) >= 11 is 0. The van der Waals surface area contributed by atoms with Gasteiger partial charge in [-0.25, -0.2) is 9.97 Å². The first-order valence-corrected chi connectivity index (χ1v) is 5.91. The number of aryl methyl sites for hydroxylation is 2. The number of hydrogen-bond donors (Lipinski definition) is 1. The fourth-order valence-electron chi connectivity index (χ4n) is 2.25. The Morgan fingerprint density at radius 1 is 1.38 bits per heavy atom. The maximum Gasteiger partial charge on any atom is 0.223 e. The lowest BCUT2D eigenvalue weighted by molar-refractivity contribution is 0.322. The van der Waals surface area contributed by atoms with Crippen LogP contribution in [-0.4, -0.2) is 41.0 Å². The van der Waals surface area contributed by atoms with Crippen molar-refractivity contribution in [3.8, 4) is 0 Å². The van der Waals surface area contributed by atoms with Gasteiger partial charge in [-0.05, 0) is 46.3 Å². The van der Waals surface area contributed by atoms with Gasteiger partial charge in [0.25, 0.3) is 0 Å². The second-order valence-corrected chi connectivity index (χ2v) is 4.63. The summed E-state index contributed by atoms with van der Waals surface area (Å²) in [6, 6.07) is 2.62. The standard InChI is InChI=1S/C12H20N4/c1-9-7-10(2)15-12(14-9)13-8-11-5-4-6-16(11)3/h7,11H,4-6,8H2,1-3H3,(H,13,14,15). The Kier molecular flexibility index (Phi) is 3.39. The summed E-state index contributed by atoms with van der Waals surface area (Å²) in [5.74, 6) is 0.762. The third-order valence-corrected chi connectivity index (χ3v) is 3.15. The summed E-state index contributed by atoms with van der Waals surface area (Å²) in [4.78, 5) is 11.2. The first-order chi connectivity index (χ1) is 7.65. The van der Waals surface area contributed by atoms with Gasteiger partial charge in [0.2, 0.25) is 5.95 Å². The van der Waals surface area contributed by atoms with Crippen molar-refractivity contribution in [2.45, 2.75) is 32.7 Å². The summed E-state index contributed by atoms with van der Waals surface area (Å²) in [5.41, 5.74) is 2.05. The van der Waals surface area contributed by atoms with Gasteiger partial charge in [0, 0.05) is 24.0 Å². The minimum absolute atomic E-state index is 0.629. The number of likely N-dealkylation sites (N-methyl/N-ethyl adjacent to an activating group) is 1. The minimum Gasteiger partial charge on any atom is -0.353 e. The van der Waals surface area contributed by atoms with E-state index >= 15 is 0 Å². The molecule has 1 aliphatic rings. The number of likely N-dealkylation sites (tertiary alicyclic amines) is 1. The molecule has 4 heteroatoms. The van der Waals surface area contributed by atoms with Crippen LogP contribution in [0.15, 0.2) is 6.07 Å². The van der Waals surface area contributed by atoms with E-state index in [1.165, 1.54) is 19.4 Å². The molecular formula is C12H20N4. The van der Waals surface area contributed by atoms with Gasteiger partial charge in [0.1, 0.15) is 0 Å². The maximum absolute atomic E-state index is 4.38. The van der Waals surface area contributed by atoms with Crippen molar-refractivity contribution in [3.05, 3.63) is 17.5 Å². The summed E-state index contributed by atoms with van der Waals surface area (Å²) in [7, 11) is 2.18. The lowest BCUT2D eigenvalue weighted by Gasteiger charge is -2.19. The van der Waals surface area contributed by atoms with Crippen LogP contribution in [0.25, 0.3) is 0 Å². The van der Waals surface area contributed by atoms with Crippen molar-refractivity contribution in [2.75, 3.05) is 25.5 Å². The molecule has 1 saturated heterocycles. The monoisotopic (exact) mass is 220 g/mol. The second kappa shape index (κ2) is 4.78. The molecule has 1 aliphatic heterocycles. The van der Waals surface area contributed by atoms with E-state index in [1.54, 1.807) is 0 Å². The van der Waals surface area contributed by atoms with Crippen LogP contribution in [0.2, 0.25) is 0 Å². The fraction of sp³-hybridized carbons (Fsp3) is 0.667. The quantitative estimate of drug-likeness (QED) is 0.840. The van der Waals surface area contributed by atoms with Gasteiger partial charge in [-0.15, -0.1) is 0 Å². The van der Waals surface area contributed by atoms with Gasteiger partial charge in [0.15, 0.2) is 0 Å². The molecule has 2 rings (SSSR count). The molecule has 0 aromatic carbocycles. The van der Waals surface area contributed by atoms with Crippen molar-refractivity contribution in [1.82, 2.24) is 14.9 Å². The Morgan fingerprint density at radius 3 is 2.62 bits per heavy atom. The molecule has 0 spiro atoms. The lowest BCUT2D eigenvalue weighted by Crippen LogP contribution is -2.32. The van der Waals surface area contributed by atoms with Gasteiger partial charge in [-0.1, -0.05) is 0 Å². The summed E-state index contributed by atoms with van der Waals surface area (Å²) < 4.78 is 0. The van der Waals surface area contributed by atoms with E-state index in [4.69, 9.17) is 0 Å². The van der Waals surface area contributed by atoms with E-state index in [1.807, 2.05) is 19.9 Å². The highest BCUT2D eigenvalue weighted by Crippen LogP contribution is 2.15. The number of rotatable bonds is 3. The number of nitrogens with zero attached hydrogens (tertiary/aromatic N) is 3. The van der Waals surface area contributed by atoms with Gasteiger partial charge in [-0.3, -0.25) is 0 Å². The average molecular weight is 220 g/mol. The van der Waals surface area contributed by atoms with Crippen molar-refractivity contribution in [3.63, 3.8) is 0 Å². The largest absolute Gasteiger partial charge is 0.353 e. The number of hydrogen-bond acceptors (Lipinski definition) is 4. The first-order valence-electron chi connectivity index (χ1n) is 5.91. The molecule has 0 radical (unpaired) electrons. The lowest BCUT2D eigenvalue weighted by atomic mass is 10.2. The topological polar surface area (TPSA) is 41.1 Å². The van der Waals surface area contributed by atoms with E-state index in [2.05, 4.69) is 27.2 Å². The van der Waals surface area contributed by atoms with Crippen LogP contribution in [0.1, 0.15) is 24.2 Å². The second-order valence-electron chi connectivity index (χ2n) is 4.63. The predicted molar refractivity (Wildman–Crippen MR) is 65.6 cm³/mol. The van der Waals surface area contributed by atoms with E-state index in [-0.39, 0.29) is 0 Å². The van der Waals surface area contributed by atoms with Gasteiger partial charge in [0.05, 0.1) is 0 Å². The average Bonchev–Trinajstić information content (AvgIpc) is 2.59. The molecule has 1 unspecified atom stereocenters. The van der Waals surface area contributed by atoms with Crippen LogP contribution < -0.4 is 5.32 Å². The summed E-state index contributed by atoms with van der Waals surface area (Å²) in [6.45, 7) is 6.16. The zero-order valence-corrected chi connectivity index (χ0v) is 10.3. The van der Waals surface area contributed by atoms with Gasteiger partial charge >= 0.3 is 0 Å². The summed E-state index contributed by atoms with van der Waals surface area (Å²) in [6.07, 6.45) is 2.57. The normalized spacial score (nSPS) is 21.3. The molecular weight excluding hydrogens is 200 g/mol. The Labute approximate surface area is 97.1 Å². The van der Waals surface area contributed by atoms with Crippen LogP contribution >= 0.6 is 0 Å². The van der Waals surface area contributed by atoms with Gasteiger partial charge < -0.3 is 10.2 Å². The highest BCUT2D eigenvalue weighted by molar-refractivity contribution is 5.27. The molecule has 1 N–H and O–H groups in total. The smallest absolute Gasteiger partial charge is 0.223 e. The SMILES string of the molecule is Cc1cc(C)nc(NCC2CCCN2C)n1. The third kappa shape index (κ3) is 2.70. The Hall–Kier alpha value is -1.16. The Bertz CT molecular complexity index is 344. The molecule has 88 valence electrons. The van der Waals surface area contributed by atoms with Gasteiger partial charge in [-0.2, -0.15) is 0 Å². The molecule has 0 bridgehead atoms. The molecule has 16 heavy (non-hydrogen) atoms. The molecule has 0 saturated carbocycles. The zero-order valence-electron chi connectivity index (χ0n) is 10.3. The van der Waals surface area contributed by atoms with E-state index in [9.17, 15) is 0 Å². The van der Waals surface area contributed by atoms with Crippen LogP contribution in [0.4, 0.5) is 5.95 Å². The third-order valence-electron chi connectivity index (χ3n) is 3.15. The van der Waals surface area contributed by atoms with Crippen LogP contribution in [0.3, 0.4) is 0 Å². The molecule has 1 atom stereocenters. The molecule has 4 nitrogen and oxygen atoms in total. The van der Waals surface area contributed by atoms with Crippen LogP contribution in [0, 0.1) is 13.8 Å². The minimum atomic E-state index is 0.629. The van der Waals surface area contributed by atoms with Crippen LogP contribution in [0.5, 0.6) is 0 Å². The highest BCUT2D eigenvalue weighted by Gasteiger charge is 2.20. The summed E-state index contributed by atoms with van der Waals surface area (Å²) in [5, 5.41) is 3.33. The van der Waals surface area contributed by atoms with Crippen molar-refractivity contribution < 1.29 is 0 Å². The number of aromatic nitrogens is 2. The number of anilines is 1. The Balaban J connectivity index is 1.94. The molecule has 1 aromatic heterocycles. The highest BCUT2D eigenvalue weighted by atomic mass is 15.2. The van der Waals surface area contributed by atoms with Crippen molar-refractivity contribution in [2.24, 2.45) is 0 Å². The molecule has 0 aliphatic carbocycles. The molecule has 1 aromatic rings. The van der Waals surface area contributed by atoms with Crippen molar-refractivity contribution in [1.29, 1.82) is 0 Å². The van der Waals surface area contributed by atoms with E-state index in [0.717, 1.165) is 23.9 Å². The molecule has 0 amide bonds. The predicted octanol–water partition coefficient (Wildman–Crippen LogP) is 1.60. The fourth-order valence-corrected chi connectivity index (χ4v) is 2.25. The number of nitrogens with one attached hydrogen (secondary N) is 1. The van der Waals surface area contributed by atoms with E-state index in [0.29, 0.717) is 6.04 Å². The molecule has 1 fully saturated rings.